The van der Waals surface area contributed by atoms with Gasteiger partial charge in [-0.05, 0) is 49.1 Å². The van der Waals surface area contributed by atoms with Gasteiger partial charge in [0.1, 0.15) is 11.8 Å². The third-order valence-corrected chi connectivity index (χ3v) is 8.19. The van der Waals surface area contributed by atoms with Crippen LogP contribution in [0, 0.1) is 23.2 Å². The van der Waals surface area contributed by atoms with E-state index in [4.69, 9.17) is 9.47 Å². The lowest BCUT2D eigenvalue weighted by atomic mass is 9.81. The third kappa shape index (κ3) is 4.76. The van der Waals surface area contributed by atoms with E-state index >= 15 is 0 Å². The summed E-state index contributed by atoms with van der Waals surface area (Å²) in [5.74, 6) is 0.257. The molecule has 2 heterocycles. The first-order valence-corrected chi connectivity index (χ1v) is 13.1. The molecular formula is C29H34N4O4. The second kappa shape index (κ2) is 10.8. The molecule has 1 aliphatic carbocycles. The SMILES string of the molecule is COCC1Nc2ccccc2[C@H]2[C@@H]1CCN2C(=O)[C@H]1CCCC[C@H]1NC(=O)c1ccc(C#N)c(OC)c1. The van der Waals surface area contributed by atoms with Crippen molar-refractivity contribution < 1.29 is 19.1 Å². The molecule has 37 heavy (non-hydrogen) atoms. The normalized spacial score (nSPS) is 26.3. The molecule has 194 valence electrons. The fourth-order valence-corrected chi connectivity index (χ4v) is 6.41. The van der Waals surface area contributed by atoms with E-state index in [1.165, 1.54) is 7.11 Å². The van der Waals surface area contributed by atoms with Crippen LogP contribution >= 0.6 is 0 Å². The van der Waals surface area contributed by atoms with Crippen LogP contribution in [0.1, 0.15) is 59.6 Å². The van der Waals surface area contributed by atoms with E-state index in [-0.39, 0.29) is 41.8 Å². The molecule has 2 aromatic rings. The van der Waals surface area contributed by atoms with Crippen molar-refractivity contribution in [3.8, 4) is 11.8 Å². The lowest BCUT2D eigenvalue weighted by Crippen LogP contribution is -2.50. The van der Waals surface area contributed by atoms with Crippen LogP contribution in [0.3, 0.4) is 0 Å². The Morgan fingerprint density at radius 2 is 1.95 bits per heavy atom. The molecular weight excluding hydrogens is 468 g/mol. The monoisotopic (exact) mass is 502 g/mol. The number of hydrogen-bond donors (Lipinski definition) is 2. The van der Waals surface area contributed by atoms with Gasteiger partial charge in [-0.2, -0.15) is 5.26 Å². The number of carbonyl (C=O) groups excluding carboxylic acids is 2. The van der Waals surface area contributed by atoms with Crippen LogP contribution in [-0.4, -0.2) is 56.2 Å². The van der Waals surface area contributed by atoms with E-state index in [1.54, 1.807) is 25.3 Å². The number of nitriles is 1. The van der Waals surface area contributed by atoms with Crippen LogP contribution in [0.15, 0.2) is 42.5 Å². The van der Waals surface area contributed by atoms with Crippen LogP contribution < -0.4 is 15.4 Å². The zero-order valence-corrected chi connectivity index (χ0v) is 21.4. The molecule has 1 saturated carbocycles. The van der Waals surface area contributed by atoms with Gasteiger partial charge in [-0.1, -0.05) is 31.0 Å². The number of methoxy groups -OCH3 is 2. The first-order valence-electron chi connectivity index (χ1n) is 13.1. The average Bonchev–Trinajstić information content (AvgIpc) is 3.39. The predicted molar refractivity (Wildman–Crippen MR) is 139 cm³/mol. The zero-order chi connectivity index (χ0) is 25.9. The summed E-state index contributed by atoms with van der Waals surface area (Å²) in [4.78, 5) is 29.4. The van der Waals surface area contributed by atoms with E-state index in [0.29, 0.717) is 30.0 Å². The Morgan fingerprint density at radius 3 is 2.73 bits per heavy atom. The van der Waals surface area contributed by atoms with Crippen molar-refractivity contribution in [3.63, 3.8) is 0 Å². The van der Waals surface area contributed by atoms with E-state index in [0.717, 1.165) is 43.4 Å². The number of hydrogen-bond acceptors (Lipinski definition) is 6. The first kappa shape index (κ1) is 25.1. The van der Waals surface area contributed by atoms with Gasteiger partial charge in [-0.15, -0.1) is 0 Å². The molecule has 0 bridgehead atoms. The number of ether oxygens (including phenoxy) is 2. The Balaban J connectivity index is 1.37. The van der Waals surface area contributed by atoms with Gasteiger partial charge in [-0.3, -0.25) is 9.59 Å². The summed E-state index contributed by atoms with van der Waals surface area (Å²) in [6, 6.07) is 15.0. The van der Waals surface area contributed by atoms with Gasteiger partial charge in [0.15, 0.2) is 0 Å². The van der Waals surface area contributed by atoms with Gasteiger partial charge in [0.05, 0.1) is 37.3 Å². The van der Waals surface area contributed by atoms with Crippen molar-refractivity contribution in [1.29, 1.82) is 5.26 Å². The van der Waals surface area contributed by atoms with Gasteiger partial charge < -0.3 is 25.0 Å². The maximum atomic E-state index is 14.1. The van der Waals surface area contributed by atoms with Crippen LogP contribution in [0.2, 0.25) is 0 Å². The van der Waals surface area contributed by atoms with E-state index in [9.17, 15) is 14.9 Å². The minimum atomic E-state index is -0.264. The van der Waals surface area contributed by atoms with Gasteiger partial charge in [0.2, 0.25) is 5.91 Å². The Hall–Kier alpha value is -3.57. The third-order valence-electron chi connectivity index (χ3n) is 8.19. The van der Waals surface area contributed by atoms with Gasteiger partial charge >= 0.3 is 0 Å². The van der Waals surface area contributed by atoms with E-state index in [2.05, 4.69) is 33.7 Å². The van der Waals surface area contributed by atoms with Crippen molar-refractivity contribution in [3.05, 3.63) is 59.2 Å². The highest BCUT2D eigenvalue weighted by molar-refractivity contribution is 5.95. The summed E-state index contributed by atoms with van der Waals surface area (Å²) >= 11 is 0. The molecule has 2 fully saturated rings. The number of benzene rings is 2. The van der Waals surface area contributed by atoms with Crippen molar-refractivity contribution in [2.75, 3.05) is 32.7 Å². The molecule has 8 nitrogen and oxygen atoms in total. The van der Waals surface area contributed by atoms with E-state index < -0.39 is 0 Å². The Bertz CT molecular complexity index is 1210. The largest absolute Gasteiger partial charge is 0.495 e. The maximum absolute atomic E-state index is 14.1. The second-order valence-electron chi connectivity index (χ2n) is 10.2. The summed E-state index contributed by atoms with van der Waals surface area (Å²) in [5, 5.41) is 16.0. The van der Waals surface area contributed by atoms with Gasteiger partial charge in [-0.25, -0.2) is 0 Å². The number of nitrogens with zero attached hydrogens (tertiary/aromatic N) is 2. The number of para-hydroxylation sites is 1. The standard InChI is InChI=1S/C29H34N4O4/c1-36-17-25-21-13-14-33(27(21)20-7-3-5-9-23(20)31-25)29(35)22-8-4-6-10-24(22)32-28(34)18-11-12-19(16-30)26(15-18)37-2/h3,5,7,9,11-12,15,21-22,24-25,27,31H,4,6,8,10,13-14,17H2,1-2H3,(H,32,34)/t21-,22+,24-,25?,27+/m1/s1. The highest BCUT2D eigenvalue weighted by Gasteiger charge is 2.48. The number of nitrogens with one attached hydrogen (secondary N) is 2. The minimum absolute atomic E-state index is 0.00571. The van der Waals surface area contributed by atoms with Gasteiger partial charge in [0.25, 0.3) is 5.91 Å². The average molecular weight is 503 g/mol. The highest BCUT2D eigenvalue weighted by Crippen LogP contribution is 2.47. The lowest BCUT2D eigenvalue weighted by Gasteiger charge is -2.41. The number of likely N-dealkylation sites (tertiary alicyclic amines) is 1. The molecule has 2 aliphatic heterocycles. The second-order valence-corrected chi connectivity index (χ2v) is 10.2. The number of fused-ring (bicyclic) bond motifs is 3. The topological polar surface area (TPSA) is 104 Å². The molecule has 0 aromatic heterocycles. The quantitative estimate of drug-likeness (QED) is 0.621. The van der Waals surface area contributed by atoms with Crippen molar-refractivity contribution >= 4 is 17.5 Å². The Kier molecular flexibility index (Phi) is 7.33. The van der Waals surface area contributed by atoms with Gasteiger partial charge in [0, 0.05) is 36.9 Å². The molecule has 3 aliphatic rings. The van der Waals surface area contributed by atoms with Crippen LogP contribution in [-0.2, 0) is 9.53 Å². The van der Waals surface area contributed by atoms with Crippen LogP contribution in [0.25, 0.3) is 0 Å². The Morgan fingerprint density at radius 1 is 1.14 bits per heavy atom. The highest BCUT2D eigenvalue weighted by atomic mass is 16.5. The molecule has 2 aromatic carbocycles. The van der Waals surface area contributed by atoms with Crippen molar-refractivity contribution in [1.82, 2.24) is 10.2 Å². The summed E-state index contributed by atoms with van der Waals surface area (Å²) in [7, 11) is 3.20. The first-order chi connectivity index (χ1) is 18.0. The summed E-state index contributed by atoms with van der Waals surface area (Å²) in [5.41, 5.74) is 3.02. The van der Waals surface area contributed by atoms with Crippen molar-refractivity contribution in [2.45, 2.75) is 50.2 Å². The number of anilines is 1. The molecule has 2 N–H and O–H groups in total. The minimum Gasteiger partial charge on any atom is -0.495 e. The number of rotatable bonds is 6. The zero-order valence-electron chi connectivity index (χ0n) is 21.4. The predicted octanol–water partition coefficient (Wildman–Crippen LogP) is 3.89. The summed E-state index contributed by atoms with van der Waals surface area (Å²) in [6.07, 6.45) is 4.39. The maximum Gasteiger partial charge on any atom is 0.251 e. The molecule has 1 unspecified atom stereocenters. The molecule has 5 atom stereocenters. The fraction of sp³-hybridized carbons (Fsp3) is 0.483. The molecule has 0 spiro atoms. The molecule has 8 heteroatoms. The molecule has 1 saturated heterocycles. The molecule has 2 amide bonds. The number of amides is 2. The van der Waals surface area contributed by atoms with E-state index in [1.807, 2.05) is 12.1 Å². The van der Waals surface area contributed by atoms with Crippen molar-refractivity contribution in [2.24, 2.45) is 11.8 Å². The van der Waals surface area contributed by atoms with Crippen LogP contribution in [0.4, 0.5) is 5.69 Å². The Labute approximate surface area is 217 Å². The molecule has 5 rings (SSSR count). The lowest BCUT2D eigenvalue weighted by molar-refractivity contribution is -0.139. The molecule has 0 radical (unpaired) electrons. The summed E-state index contributed by atoms with van der Waals surface area (Å²) < 4.78 is 10.8. The smallest absolute Gasteiger partial charge is 0.251 e. The van der Waals surface area contributed by atoms with Crippen LogP contribution in [0.5, 0.6) is 5.75 Å². The fourth-order valence-electron chi connectivity index (χ4n) is 6.41. The summed E-state index contributed by atoms with van der Waals surface area (Å²) in [6.45, 7) is 1.29. The number of carbonyl (C=O) groups is 2.